The maximum atomic E-state index is 5.92. The van der Waals surface area contributed by atoms with Crippen molar-refractivity contribution >= 4 is 0 Å². The molecule has 2 rings (SSSR count). The van der Waals surface area contributed by atoms with Crippen LogP contribution in [0.25, 0.3) is 0 Å². The van der Waals surface area contributed by atoms with Crippen molar-refractivity contribution in [3.63, 3.8) is 0 Å². The molecule has 0 bridgehead atoms. The van der Waals surface area contributed by atoms with E-state index in [2.05, 4.69) is 11.4 Å². The predicted molar refractivity (Wildman–Crippen MR) is 68.6 cm³/mol. The average Bonchev–Trinajstić information content (AvgIpc) is 2.29. The summed E-state index contributed by atoms with van der Waals surface area (Å²) in [5, 5.41) is 3.16. The third-order valence-electron chi connectivity index (χ3n) is 3.34. The minimum Gasteiger partial charge on any atom is -0.497 e. The molecule has 0 saturated heterocycles. The normalized spacial score (nSPS) is 15.4. The van der Waals surface area contributed by atoms with Crippen molar-refractivity contribution < 1.29 is 9.47 Å². The third-order valence-corrected chi connectivity index (χ3v) is 3.34. The molecule has 3 nitrogen and oxygen atoms in total. The maximum Gasteiger partial charge on any atom is 0.127 e. The molecule has 0 unspecified atom stereocenters. The molecule has 94 valence electrons. The predicted octanol–water partition coefficient (Wildman–Crippen LogP) is 2.59. The Morgan fingerprint density at radius 2 is 2.18 bits per heavy atom. The number of nitrogens with one attached hydrogen (secondary N) is 1. The second-order valence-corrected chi connectivity index (χ2v) is 4.61. The second kappa shape index (κ2) is 5.92. The van der Waals surface area contributed by atoms with E-state index >= 15 is 0 Å². The summed E-state index contributed by atoms with van der Waals surface area (Å²) in [7, 11) is 3.63. The van der Waals surface area contributed by atoms with E-state index in [4.69, 9.17) is 9.47 Å². The standard InChI is InChI=1S/C14H21NO2/c1-15-9-12-6-7-13(16-2)8-14(12)17-10-11-4-3-5-11/h6-8,11,15H,3-5,9-10H2,1-2H3. The second-order valence-electron chi connectivity index (χ2n) is 4.61. The van der Waals surface area contributed by atoms with Crippen LogP contribution in [0.1, 0.15) is 24.8 Å². The molecule has 1 N–H and O–H groups in total. The minimum absolute atomic E-state index is 0.753. The van der Waals surface area contributed by atoms with Crippen LogP contribution in [0.4, 0.5) is 0 Å². The van der Waals surface area contributed by atoms with E-state index in [-0.39, 0.29) is 0 Å². The van der Waals surface area contributed by atoms with Crippen molar-refractivity contribution in [2.24, 2.45) is 5.92 Å². The van der Waals surface area contributed by atoms with Gasteiger partial charge in [-0.3, -0.25) is 0 Å². The van der Waals surface area contributed by atoms with Crippen LogP contribution < -0.4 is 14.8 Å². The van der Waals surface area contributed by atoms with E-state index in [1.54, 1.807) is 7.11 Å². The molecule has 0 aliphatic heterocycles. The van der Waals surface area contributed by atoms with Crippen LogP contribution in [0.5, 0.6) is 11.5 Å². The zero-order valence-electron chi connectivity index (χ0n) is 10.7. The van der Waals surface area contributed by atoms with Gasteiger partial charge in [0.25, 0.3) is 0 Å². The Hall–Kier alpha value is -1.22. The number of rotatable bonds is 6. The number of ether oxygens (including phenoxy) is 2. The van der Waals surface area contributed by atoms with Gasteiger partial charge in [0.2, 0.25) is 0 Å². The highest BCUT2D eigenvalue weighted by molar-refractivity contribution is 5.40. The lowest BCUT2D eigenvalue weighted by molar-refractivity contribution is 0.179. The molecule has 0 radical (unpaired) electrons. The Morgan fingerprint density at radius 3 is 2.76 bits per heavy atom. The zero-order chi connectivity index (χ0) is 12.1. The molecule has 3 heteroatoms. The lowest BCUT2D eigenvalue weighted by Crippen LogP contribution is -2.20. The maximum absolute atomic E-state index is 5.92. The Labute approximate surface area is 103 Å². The summed E-state index contributed by atoms with van der Waals surface area (Å²) >= 11 is 0. The molecule has 1 aromatic rings. The fourth-order valence-electron chi connectivity index (χ4n) is 2.00. The van der Waals surface area contributed by atoms with E-state index in [0.29, 0.717) is 0 Å². The molecule has 0 atom stereocenters. The molecule has 1 aliphatic carbocycles. The van der Waals surface area contributed by atoms with Gasteiger partial charge in [0.1, 0.15) is 11.5 Å². The van der Waals surface area contributed by atoms with E-state index in [9.17, 15) is 0 Å². The summed E-state index contributed by atoms with van der Waals surface area (Å²) in [4.78, 5) is 0. The van der Waals surface area contributed by atoms with E-state index in [0.717, 1.165) is 30.6 Å². The van der Waals surface area contributed by atoms with Gasteiger partial charge in [-0.05, 0) is 31.9 Å². The first-order chi connectivity index (χ1) is 8.33. The highest BCUT2D eigenvalue weighted by atomic mass is 16.5. The summed E-state index contributed by atoms with van der Waals surface area (Å²) in [6.07, 6.45) is 3.98. The van der Waals surface area contributed by atoms with E-state index < -0.39 is 0 Å². The van der Waals surface area contributed by atoms with Gasteiger partial charge in [-0.1, -0.05) is 12.5 Å². The van der Waals surface area contributed by atoms with E-state index in [1.165, 1.54) is 24.8 Å². The molecule has 0 aromatic heterocycles. The quantitative estimate of drug-likeness (QED) is 0.822. The molecule has 17 heavy (non-hydrogen) atoms. The fraction of sp³-hybridized carbons (Fsp3) is 0.571. The zero-order valence-corrected chi connectivity index (χ0v) is 10.7. The third kappa shape index (κ3) is 3.13. The van der Waals surface area contributed by atoms with Crippen molar-refractivity contribution in [1.29, 1.82) is 0 Å². The Bertz CT molecular complexity index is 361. The lowest BCUT2D eigenvalue weighted by Gasteiger charge is -2.25. The van der Waals surface area contributed by atoms with Crippen molar-refractivity contribution in [2.75, 3.05) is 20.8 Å². The van der Waals surface area contributed by atoms with Crippen molar-refractivity contribution in [3.05, 3.63) is 23.8 Å². The van der Waals surface area contributed by atoms with Gasteiger partial charge in [-0.2, -0.15) is 0 Å². The summed E-state index contributed by atoms with van der Waals surface area (Å²) in [5.41, 5.74) is 1.19. The van der Waals surface area contributed by atoms with Crippen LogP contribution in [0, 0.1) is 5.92 Å². The number of benzene rings is 1. The summed E-state index contributed by atoms with van der Waals surface area (Å²) < 4.78 is 11.2. The van der Waals surface area contributed by atoms with Crippen molar-refractivity contribution in [3.8, 4) is 11.5 Å². The monoisotopic (exact) mass is 235 g/mol. The van der Waals surface area contributed by atoms with Crippen LogP contribution >= 0.6 is 0 Å². The molecular formula is C14H21NO2. The Kier molecular flexibility index (Phi) is 4.26. The summed E-state index contributed by atoms with van der Waals surface area (Å²) in [5.74, 6) is 2.56. The van der Waals surface area contributed by atoms with Gasteiger partial charge in [0.05, 0.1) is 13.7 Å². The molecule has 0 amide bonds. The van der Waals surface area contributed by atoms with Gasteiger partial charge in [-0.15, -0.1) is 0 Å². The van der Waals surface area contributed by atoms with Crippen LogP contribution in [-0.4, -0.2) is 20.8 Å². The van der Waals surface area contributed by atoms with Gasteiger partial charge in [0, 0.05) is 18.2 Å². The van der Waals surface area contributed by atoms with E-state index in [1.807, 2.05) is 19.2 Å². The highest BCUT2D eigenvalue weighted by Crippen LogP contribution is 2.29. The van der Waals surface area contributed by atoms with Gasteiger partial charge in [0.15, 0.2) is 0 Å². The van der Waals surface area contributed by atoms with Gasteiger partial charge < -0.3 is 14.8 Å². The fourth-order valence-corrected chi connectivity index (χ4v) is 2.00. The summed E-state index contributed by atoms with van der Waals surface area (Å²) in [6.45, 7) is 1.66. The largest absolute Gasteiger partial charge is 0.497 e. The summed E-state index contributed by atoms with van der Waals surface area (Å²) in [6, 6.07) is 6.01. The minimum atomic E-state index is 0.753. The molecule has 0 spiro atoms. The number of hydrogen-bond donors (Lipinski definition) is 1. The number of hydrogen-bond acceptors (Lipinski definition) is 3. The Morgan fingerprint density at radius 1 is 1.35 bits per heavy atom. The Balaban J connectivity index is 2.03. The van der Waals surface area contributed by atoms with Gasteiger partial charge in [-0.25, -0.2) is 0 Å². The number of methoxy groups -OCH3 is 1. The molecule has 1 saturated carbocycles. The molecule has 1 aliphatic rings. The van der Waals surface area contributed by atoms with Crippen LogP contribution in [0.3, 0.4) is 0 Å². The smallest absolute Gasteiger partial charge is 0.127 e. The van der Waals surface area contributed by atoms with Gasteiger partial charge >= 0.3 is 0 Å². The molecular weight excluding hydrogens is 214 g/mol. The van der Waals surface area contributed by atoms with Crippen molar-refractivity contribution in [2.45, 2.75) is 25.8 Å². The van der Waals surface area contributed by atoms with Crippen LogP contribution in [0.15, 0.2) is 18.2 Å². The average molecular weight is 235 g/mol. The van der Waals surface area contributed by atoms with Crippen LogP contribution in [0.2, 0.25) is 0 Å². The van der Waals surface area contributed by atoms with Crippen molar-refractivity contribution in [1.82, 2.24) is 5.32 Å². The SMILES string of the molecule is CNCc1ccc(OC)cc1OCC1CCC1. The first-order valence-electron chi connectivity index (χ1n) is 6.28. The topological polar surface area (TPSA) is 30.5 Å². The molecule has 0 heterocycles. The molecule has 1 fully saturated rings. The van der Waals surface area contributed by atoms with Crippen LogP contribution in [-0.2, 0) is 6.54 Å². The highest BCUT2D eigenvalue weighted by Gasteiger charge is 2.18. The first kappa shape index (κ1) is 12.2. The lowest BCUT2D eigenvalue weighted by atomic mass is 9.86. The molecule has 1 aromatic carbocycles. The first-order valence-corrected chi connectivity index (χ1v) is 6.28.